The number of nitrogens with zero attached hydrogens (tertiary/aromatic N) is 1. The molecule has 0 aromatic heterocycles. The normalized spacial score (nSPS) is 11.5. The maximum Gasteiger partial charge on any atom is 0.177 e. The Morgan fingerprint density at radius 1 is 1.09 bits per heavy atom. The molecule has 0 aliphatic heterocycles. The number of hydrogen-bond acceptors (Lipinski definition) is 4. The molecule has 4 nitrogen and oxygen atoms in total. The number of aryl methyl sites for hydroxylation is 1. The van der Waals surface area contributed by atoms with Gasteiger partial charge in [0.15, 0.2) is 5.75 Å². The van der Waals surface area contributed by atoms with Crippen LogP contribution in [0.1, 0.15) is 88.3 Å². The van der Waals surface area contributed by atoms with Gasteiger partial charge in [-0.2, -0.15) is 0 Å². The lowest BCUT2D eigenvalue weighted by Gasteiger charge is -2.15. The molecule has 0 aliphatic carbocycles. The van der Waals surface area contributed by atoms with E-state index in [2.05, 4.69) is 36.9 Å². The van der Waals surface area contributed by atoms with Gasteiger partial charge in [0.05, 0.1) is 6.21 Å². The van der Waals surface area contributed by atoms with Gasteiger partial charge in [-0.25, -0.2) is 5.26 Å². The van der Waals surface area contributed by atoms with Crippen LogP contribution in [0.5, 0.6) is 5.75 Å². The van der Waals surface area contributed by atoms with Crippen LogP contribution in [0, 0.1) is 0 Å². The summed E-state index contributed by atoms with van der Waals surface area (Å²) in [6.07, 6.45) is 11.3. The number of oxime groups is 1. The summed E-state index contributed by atoms with van der Waals surface area (Å²) in [6, 6.07) is 4.01. The van der Waals surface area contributed by atoms with Gasteiger partial charge in [0.2, 0.25) is 0 Å². The molecule has 0 bridgehead atoms. The number of unbranched alkanes of at least 4 members (excludes halogenated alkanes) is 6. The molecule has 0 heterocycles. The third-order valence-electron chi connectivity index (χ3n) is 4.19. The first-order valence-electron chi connectivity index (χ1n) is 8.79. The third-order valence-corrected chi connectivity index (χ3v) is 4.19. The van der Waals surface area contributed by atoms with Crippen LogP contribution in [0.2, 0.25) is 0 Å². The highest BCUT2D eigenvalue weighted by Crippen LogP contribution is 2.31. The standard InChI is InChI=1S/C19H31NO3/c1-4-5-6-7-8-9-10-11-16-12-17(14-20-21)19(23-22)18(13-16)15(2)3/h12-15,21-22H,4-11H2,1-3H3. The second kappa shape index (κ2) is 11.1. The average Bonchev–Trinajstić information content (AvgIpc) is 2.53. The molecule has 0 radical (unpaired) electrons. The van der Waals surface area contributed by atoms with Crippen LogP contribution in [0.25, 0.3) is 0 Å². The first-order valence-corrected chi connectivity index (χ1v) is 8.79. The van der Waals surface area contributed by atoms with Gasteiger partial charge in [-0.1, -0.05) is 70.5 Å². The van der Waals surface area contributed by atoms with Crippen molar-refractivity contribution < 1.29 is 15.4 Å². The SMILES string of the molecule is CCCCCCCCCc1cc(C=NO)c(OO)c(C(C)C)c1. The monoisotopic (exact) mass is 321 g/mol. The minimum absolute atomic E-state index is 0.219. The second-order valence-corrected chi connectivity index (χ2v) is 6.47. The molecule has 0 fully saturated rings. The van der Waals surface area contributed by atoms with E-state index in [4.69, 9.17) is 10.5 Å². The Morgan fingerprint density at radius 2 is 1.74 bits per heavy atom. The van der Waals surface area contributed by atoms with Crippen molar-refractivity contribution >= 4 is 6.21 Å². The lowest BCUT2D eigenvalue weighted by molar-refractivity contribution is -0.138. The summed E-state index contributed by atoms with van der Waals surface area (Å²) in [6.45, 7) is 6.34. The summed E-state index contributed by atoms with van der Waals surface area (Å²) in [5, 5.41) is 21.0. The van der Waals surface area contributed by atoms with Crippen molar-refractivity contribution in [1.82, 2.24) is 0 Å². The molecule has 1 rings (SSSR count). The van der Waals surface area contributed by atoms with Crippen LogP contribution < -0.4 is 4.89 Å². The Labute approximate surface area is 140 Å². The van der Waals surface area contributed by atoms with Crippen molar-refractivity contribution in [2.75, 3.05) is 0 Å². The number of hydrogen-bond donors (Lipinski definition) is 2. The lowest BCUT2D eigenvalue weighted by atomic mass is 9.94. The largest absolute Gasteiger partial charge is 0.411 e. The molecule has 0 amide bonds. The van der Waals surface area contributed by atoms with Crippen LogP contribution >= 0.6 is 0 Å². The second-order valence-electron chi connectivity index (χ2n) is 6.47. The third kappa shape index (κ3) is 6.61. The smallest absolute Gasteiger partial charge is 0.177 e. The van der Waals surface area contributed by atoms with Crippen molar-refractivity contribution in [3.8, 4) is 5.75 Å². The van der Waals surface area contributed by atoms with Gasteiger partial charge in [-0.3, -0.25) is 0 Å². The molecule has 0 unspecified atom stereocenters. The van der Waals surface area contributed by atoms with Gasteiger partial charge in [0.25, 0.3) is 0 Å². The Balaban J connectivity index is 2.68. The molecule has 1 aromatic carbocycles. The number of rotatable bonds is 11. The summed E-state index contributed by atoms with van der Waals surface area (Å²) >= 11 is 0. The first-order chi connectivity index (χ1) is 11.1. The van der Waals surface area contributed by atoms with Crippen molar-refractivity contribution in [2.24, 2.45) is 5.16 Å². The van der Waals surface area contributed by atoms with E-state index in [0.29, 0.717) is 11.3 Å². The van der Waals surface area contributed by atoms with E-state index in [0.717, 1.165) is 18.4 Å². The van der Waals surface area contributed by atoms with Gasteiger partial charge in [-0.15, -0.1) is 0 Å². The van der Waals surface area contributed by atoms with Crippen LogP contribution in [-0.4, -0.2) is 16.7 Å². The van der Waals surface area contributed by atoms with Crippen molar-refractivity contribution in [3.63, 3.8) is 0 Å². The molecule has 23 heavy (non-hydrogen) atoms. The van der Waals surface area contributed by atoms with E-state index in [-0.39, 0.29) is 5.92 Å². The lowest BCUT2D eigenvalue weighted by Crippen LogP contribution is -2.02. The van der Waals surface area contributed by atoms with Crippen molar-refractivity contribution in [1.29, 1.82) is 0 Å². The summed E-state index contributed by atoms with van der Waals surface area (Å²) in [4.78, 5) is 4.52. The molecular weight excluding hydrogens is 290 g/mol. The Hall–Kier alpha value is -1.55. The minimum atomic E-state index is 0.219. The van der Waals surface area contributed by atoms with Crippen LogP contribution in [-0.2, 0) is 6.42 Å². The zero-order valence-corrected chi connectivity index (χ0v) is 14.7. The van der Waals surface area contributed by atoms with Crippen LogP contribution in [0.4, 0.5) is 0 Å². The summed E-state index contributed by atoms with van der Waals surface area (Å²) < 4.78 is 0. The van der Waals surface area contributed by atoms with Gasteiger partial charge < -0.3 is 10.1 Å². The molecule has 0 atom stereocenters. The predicted octanol–water partition coefficient (Wildman–Crippen LogP) is 5.76. The van der Waals surface area contributed by atoms with Crippen molar-refractivity contribution in [3.05, 3.63) is 28.8 Å². The van der Waals surface area contributed by atoms with E-state index < -0.39 is 0 Å². The molecular formula is C19H31NO3. The Bertz CT molecular complexity index is 484. The molecule has 4 heteroatoms. The van der Waals surface area contributed by atoms with Crippen LogP contribution in [0.3, 0.4) is 0 Å². The van der Waals surface area contributed by atoms with Gasteiger partial charge in [0.1, 0.15) is 0 Å². The maximum atomic E-state index is 9.14. The molecule has 0 saturated heterocycles. The maximum absolute atomic E-state index is 9.14. The molecule has 0 saturated carbocycles. The first kappa shape index (κ1) is 19.5. The average molecular weight is 321 g/mol. The highest BCUT2D eigenvalue weighted by atomic mass is 17.1. The zero-order chi connectivity index (χ0) is 17.1. The van der Waals surface area contributed by atoms with E-state index >= 15 is 0 Å². The topological polar surface area (TPSA) is 62.1 Å². The fourth-order valence-electron chi connectivity index (χ4n) is 2.86. The fourth-order valence-corrected chi connectivity index (χ4v) is 2.86. The highest BCUT2D eigenvalue weighted by molar-refractivity contribution is 5.84. The molecule has 0 spiro atoms. The minimum Gasteiger partial charge on any atom is -0.411 e. The Kier molecular flexibility index (Phi) is 9.37. The van der Waals surface area contributed by atoms with Crippen LogP contribution in [0.15, 0.2) is 17.3 Å². The summed E-state index contributed by atoms with van der Waals surface area (Å²) in [5.41, 5.74) is 2.74. The van der Waals surface area contributed by atoms with Gasteiger partial charge in [0, 0.05) is 11.1 Å². The van der Waals surface area contributed by atoms with Gasteiger partial charge in [-0.05, 0) is 30.4 Å². The molecule has 0 aliphatic rings. The summed E-state index contributed by atoms with van der Waals surface area (Å²) in [7, 11) is 0. The Morgan fingerprint density at radius 3 is 2.30 bits per heavy atom. The van der Waals surface area contributed by atoms with E-state index in [9.17, 15) is 0 Å². The summed E-state index contributed by atoms with van der Waals surface area (Å²) in [5.74, 6) is 0.595. The molecule has 2 N–H and O–H groups in total. The predicted molar refractivity (Wildman–Crippen MR) is 94.9 cm³/mol. The number of benzene rings is 1. The highest BCUT2D eigenvalue weighted by Gasteiger charge is 2.14. The van der Waals surface area contributed by atoms with E-state index in [1.807, 2.05) is 6.07 Å². The van der Waals surface area contributed by atoms with Crippen molar-refractivity contribution in [2.45, 2.75) is 78.1 Å². The molecule has 130 valence electrons. The molecule has 1 aromatic rings. The quantitative estimate of drug-likeness (QED) is 0.179. The fraction of sp³-hybridized carbons (Fsp3) is 0.632. The van der Waals surface area contributed by atoms with E-state index in [1.165, 1.54) is 50.3 Å². The zero-order valence-electron chi connectivity index (χ0n) is 14.7. The van der Waals surface area contributed by atoms with E-state index in [1.54, 1.807) is 0 Å². The van der Waals surface area contributed by atoms with Gasteiger partial charge >= 0.3 is 0 Å².